The van der Waals surface area contributed by atoms with Crippen LogP contribution in [0, 0.1) is 0 Å². The van der Waals surface area contributed by atoms with Crippen molar-refractivity contribution < 1.29 is 14.3 Å². The Morgan fingerprint density at radius 1 is 1.28 bits per heavy atom. The van der Waals surface area contributed by atoms with Gasteiger partial charge in [0.2, 0.25) is 5.91 Å². The molecule has 0 atom stereocenters. The van der Waals surface area contributed by atoms with Gasteiger partial charge in [-0.25, -0.2) is 15.2 Å². The molecule has 0 aliphatic heterocycles. The molecule has 1 aromatic heterocycles. The van der Waals surface area contributed by atoms with Crippen molar-refractivity contribution in [3.05, 3.63) is 41.4 Å². The van der Waals surface area contributed by atoms with Crippen LogP contribution in [0.2, 0.25) is 0 Å². The van der Waals surface area contributed by atoms with Gasteiger partial charge in [-0.15, -0.1) is 11.3 Å². The van der Waals surface area contributed by atoms with Gasteiger partial charge in [0.1, 0.15) is 5.60 Å². The van der Waals surface area contributed by atoms with Crippen LogP contribution in [0.3, 0.4) is 0 Å². The minimum Gasteiger partial charge on any atom is -0.443 e. The molecule has 0 aliphatic rings. The normalized spacial score (nSPS) is 11.4. The highest BCUT2D eigenvalue weighted by atomic mass is 32.1. The maximum Gasteiger partial charge on any atom is 0.428 e. The lowest BCUT2D eigenvalue weighted by Crippen LogP contribution is -2.29. The fraction of sp³-hybridized carbons (Fsp3) is 0.294. The molecule has 0 unspecified atom stereocenters. The van der Waals surface area contributed by atoms with Crippen molar-refractivity contribution in [1.82, 2.24) is 10.4 Å². The average Bonchev–Trinajstić information content (AvgIpc) is 2.94. The molecule has 1 aromatic carbocycles. The molecule has 0 saturated heterocycles. The second-order valence-electron chi connectivity index (χ2n) is 6.12. The molecule has 0 fully saturated rings. The van der Waals surface area contributed by atoms with Crippen molar-refractivity contribution in [2.45, 2.75) is 33.3 Å². The standard InChI is InChI=1S/C17H20N4O3S/c1-12(22)21(14-8-6-5-7-9-14)15-19-13(11-25-15)10-18-20-16(23)24-17(2,3)4/h5-11H,1-4H3,(H,20,23)/b18-10-. The molecule has 25 heavy (non-hydrogen) atoms. The Balaban J connectivity index is 2.07. The van der Waals surface area contributed by atoms with E-state index in [1.165, 1.54) is 29.4 Å². The fourth-order valence-electron chi connectivity index (χ4n) is 1.89. The van der Waals surface area contributed by atoms with Crippen LogP contribution in [0.4, 0.5) is 15.6 Å². The minimum absolute atomic E-state index is 0.143. The van der Waals surface area contributed by atoms with Crippen LogP contribution in [0.5, 0.6) is 0 Å². The monoisotopic (exact) mass is 360 g/mol. The molecule has 0 radical (unpaired) electrons. The number of nitrogens with zero attached hydrogens (tertiary/aromatic N) is 3. The van der Waals surface area contributed by atoms with Gasteiger partial charge < -0.3 is 4.74 Å². The van der Waals surface area contributed by atoms with E-state index < -0.39 is 11.7 Å². The summed E-state index contributed by atoms with van der Waals surface area (Å²) in [5.74, 6) is -0.143. The number of aromatic nitrogens is 1. The predicted molar refractivity (Wildman–Crippen MR) is 98.3 cm³/mol. The van der Waals surface area contributed by atoms with Gasteiger partial charge in [-0.2, -0.15) is 5.10 Å². The summed E-state index contributed by atoms with van der Waals surface area (Å²) in [6.45, 7) is 6.78. The molecule has 0 saturated carbocycles. The van der Waals surface area contributed by atoms with Gasteiger partial charge >= 0.3 is 6.09 Å². The van der Waals surface area contributed by atoms with Crippen LogP contribution >= 0.6 is 11.3 Å². The van der Waals surface area contributed by atoms with Crippen LogP contribution in [-0.4, -0.2) is 28.8 Å². The zero-order valence-electron chi connectivity index (χ0n) is 14.5. The topological polar surface area (TPSA) is 83.9 Å². The van der Waals surface area contributed by atoms with E-state index in [2.05, 4.69) is 15.5 Å². The third-order valence-electron chi connectivity index (χ3n) is 2.78. The first-order valence-corrected chi connectivity index (χ1v) is 8.47. The van der Waals surface area contributed by atoms with Crippen molar-refractivity contribution in [3.63, 3.8) is 0 Å². The van der Waals surface area contributed by atoms with Gasteiger partial charge in [-0.1, -0.05) is 18.2 Å². The zero-order valence-corrected chi connectivity index (χ0v) is 15.3. The largest absolute Gasteiger partial charge is 0.443 e. The van der Waals surface area contributed by atoms with E-state index in [4.69, 9.17) is 4.74 Å². The first-order valence-electron chi connectivity index (χ1n) is 7.59. The predicted octanol–water partition coefficient (Wildman–Crippen LogP) is 3.69. The van der Waals surface area contributed by atoms with E-state index in [1.54, 1.807) is 26.2 Å². The van der Waals surface area contributed by atoms with Gasteiger partial charge in [-0.05, 0) is 32.9 Å². The minimum atomic E-state index is -0.645. The number of carbonyl (C=O) groups excluding carboxylic acids is 2. The quantitative estimate of drug-likeness (QED) is 0.666. The first kappa shape index (κ1) is 18.6. The Morgan fingerprint density at radius 2 is 1.96 bits per heavy atom. The Kier molecular flexibility index (Phi) is 5.87. The van der Waals surface area contributed by atoms with Crippen LogP contribution in [0.1, 0.15) is 33.4 Å². The summed E-state index contributed by atoms with van der Waals surface area (Å²) in [5.41, 5.74) is 2.94. The van der Waals surface area contributed by atoms with E-state index in [0.717, 1.165) is 5.69 Å². The highest BCUT2D eigenvalue weighted by Gasteiger charge is 2.17. The van der Waals surface area contributed by atoms with Crippen molar-refractivity contribution in [3.8, 4) is 0 Å². The van der Waals surface area contributed by atoms with Gasteiger partial charge in [0.15, 0.2) is 5.13 Å². The number of anilines is 2. The molecule has 7 nitrogen and oxygen atoms in total. The highest BCUT2D eigenvalue weighted by molar-refractivity contribution is 7.14. The molecule has 0 bridgehead atoms. The smallest absolute Gasteiger partial charge is 0.428 e. The lowest BCUT2D eigenvalue weighted by molar-refractivity contribution is -0.115. The Bertz CT molecular complexity index is 766. The van der Waals surface area contributed by atoms with Gasteiger partial charge in [0, 0.05) is 12.3 Å². The molecule has 2 aromatic rings. The second-order valence-corrected chi connectivity index (χ2v) is 6.95. The third-order valence-corrected chi connectivity index (χ3v) is 3.63. The van der Waals surface area contributed by atoms with E-state index in [-0.39, 0.29) is 5.91 Å². The van der Waals surface area contributed by atoms with Crippen molar-refractivity contribution >= 4 is 40.4 Å². The molecule has 0 aliphatic carbocycles. The molecule has 2 rings (SSSR count). The van der Waals surface area contributed by atoms with Crippen molar-refractivity contribution in [1.29, 1.82) is 0 Å². The number of hydrogen-bond donors (Lipinski definition) is 1. The summed E-state index contributed by atoms with van der Waals surface area (Å²) in [7, 11) is 0. The number of nitrogens with one attached hydrogen (secondary N) is 1. The number of benzene rings is 1. The maximum absolute atomic E-state index is 12.0. The summed E-state index contributed by atoms with van der Waals surface area (Å²) in [5, 5.41) is 6.08. The summed E-state index contributed by atoms with van der Waals surface area (Å²) in [6.07, 6.45) is 0.751. The number of ether oxygens (including phenoxy) is 1. The molecular formula is C17H20N4O3S. The average molecular weight is 360 g/mol. The van der Waals surface area contributed by atoms with E-state index in [9.17, 15) is 9.59 Å². The number of para-hydroxylation sites is 1. The highest BCUT2D eigenvalue weighted by Crippen LogP contribution is 2.28. The molecule has 2 amide bonds. The SMILES string of the molecule is CC(=O)N(c1ccccc1)c1nc(/C=N\NC(=O)OC(C)(C)C)cs1. The van der Waals surface area contributed by atoms with Crippen LogP contribution in [0.25, 0.3) is 0 Å². The maximum atomic E-state index is 12.0. The third kappa shape index (κ3) is 5.68. The number of thiazole rings is 1. The van der Waals surface area contributed by atoms with Gasteiger partial charge in [-0.3, -0.25) is 9.69 Å². The lowest BCUT2D eigenvalue weighted by Gasteiger charge is -2.18. The van der Waals surface area contributed by atoms with Crippen molar-refractivity contribution in [2.24, 2.45) is 5.10 Å². The summed E-state index contributed by atoms with van der Waals surface area (Å²) >= 11 is 1.31. The Labute approximate surface area is 150 Å². The van der Waals surface area contributed by atoms with Crippen LogP contribution in [-0.2, 0) is 9.53 Å². The first-order chi connectivity index (χ1) is 11.8. The summed E-state index contributed by atoms with van der Waals surface area (Å²) in [4.78, 5) is 29.4. The number of hydrazone groups is 1. The molecule has 1 heterocycles. The number of hydrogen-bond acceptors (Lipinski definition) is 6. The lowest BCUT2D eigenvalue weighted by atomic mass is 10.2. The molecule has 0 spiro atoms. The Hall–Kier alpha value is -2.74. The van der Waals surface area contributed by atoms with E-state index in [1.807, 2.05) is 30.3 Å². The zero-order chi connectivity index (χ0) is 18.4. The molecule has 132 valence electrons. The van der Waals surface area contributed by atoms with Crippen LogP contribution < -0.4 is 10.3 Å². The van der Waals surface area contributed by atoms with Gasteiger partial charge in [0.05, 0.1) is 17.6 Å². The summed E-state index contributed by atoms with van der Waals surface area (Å²) in [6, 6.07) is 9.25. The van der Waals surface area contributed by atoms with Crippen molar-refractivity contribution in [2.75, 3.05) is 4.90 Å². The number of carbonyl (C=O) groups is 2. The van der Waals surface area contributed by atoms with Gasteiger partial charge in [0.25, 0.3) is 0 Å². The fourth-order valence-corrected chi connectivity index (χ4v) is 2.73. The van der Waals surface area contributed by atoms with E-state index >= 15 is 0 Å². The Morgan fingerprint density at radius 3 is 2.56 bits per heavy atom. The van der Waals surface area contributed by atoms with E-state index in [0.29, 0.717) is 10.8 Å². The number of rotatable bonds is 4. The molecule has 8 heteroatoms. The number of amides is 2. The molecule has 1 N–H and O–H groups in total. The second kappa shape index (κ2) is 7.89. The summed E-state index contributed by atoms with van der Waals surface area (Å²) < 4.78 is 5.07. The molecular weight excluding hydrogens is 340 g/mol. The van der Waals surface area contributed by atoms with Crippen LogP contribution in [0.15, 0.2) is 40.8 Å².